The van der Waals surface area contributed by atoms with E-state index in [1.165, 1.54) is 23.3 Å². The van der Waals surface area contributed by atoms with Crippen LogP contribution in [0.15, 0.2) is 66.7 Å². The third kappa shape index (κ3) is 13.0. The highest BCUT2D eigenvalue weighted by atomic mass is 16.6. The molecule has 1 amide bonds. The minimum absolute atomic E-state index is 0.109. The van der Waals surface area contributed by atoms with Gasteiger partial charge in [0, 0.05) is 37.7 Å². The molecule has 1 heterocycles. The number of Topliss-reactive ketones (excluding diaryl/α,β-unsaturated/α-hetero) is 1. The molecule has 1 aliphatic carbocycles. The van der Waals surface area contributed by atoms with Gasteiger partial charge in [0.1, 0.15) is 5.75 Å². The quantitative estimate of drug-likeness (QED) is 0.182. The van der Waals surface area contributed by atoms with Crippen LogP contribution in [0.3, 0.4) is 0 Å². The smallest absolute Gasteiger partial charge is 0.414 e. The average Bonchev–Trinajstić information content (AvgIpc) is 3.50. The fourth-order valence-electron chi connectivity index (χ4n) is 6.43. The molecule has 1 fully saturated rings. The summed E-state index contributed by atoms with van der Waals surface area (Å²) in [6.45, 7) is 7.92. The number of rotatable bonds is 13. The van der Waals surface area contributed by atoms with E-state index in [2.05, 4.69) is 47.1 Å². The van der Waals surface area contributed by atoms with Crippen molar-refractivity contribution in [3.8, 4) is 17.2 Å². The van der Waals surface area contributed by atoms with Crippen LogP contribution in [0.2, 0.25) is 0 Å². The van der Waals surface area contributed by atoms with Crippen LogP contribution in [0.1, 0.15) is 66.2 Å². The zero-order valence-corrected chi connectivity index (χ0v) is 33.4. The highest BCUT2D eigenvalue weighted by molar-refractivity contribution is 6.03. The van der Waals surface area contributed by atoms with Crippen molar-refractivity contribution in [2.75, 3.05) is 55.0 Å². The summed E-state index contributed by atoms with van der Waals surface area (Å²) in [4.78, 5) is 50.3. The maximum atomic E-state index is 12.9. The van der Waals surface area contributed by atoms with E-state index in [0.717, 1.165) is 49.2 Å². The van der Waals surface area contributed by atoms with E-state index < -0.39 is 24.1 Å². The predicted molar refractivity (Wildman–Crippen MR) is 210 cm³/mol. The van der Waals surface area contributed by atoms with Gasteiger partial charge in [0.25, 0.3) is 0 Å². The van der Waals surface area contributed by atoms with E-state index in [1.807, 2.05) is 51.4 Å². The number of carboxylic acids is 2. The summed E-state index contributed by atoms with van der Waals surface area (Å²) in [5.41, 5.74) is 4.44. The van der Waals surface area contributed by atoms with Crippen LogP contribution in [0.25, 0.3) is 0 Å². The van der Waals surface area contributed by atoms with Crippen LogP contribution in [-0.4, -0.2) is 126 Å². The molecule has 2 aliphatic rings. The average molecular weight is 780 g/mol. The molecule has 3 aromatic rings. The van der Waals surface area contributed by atoms with Gasteiger partial charge < -0.3 is 44.4 Å². The van der Waals surface area contributed by atoms with Crippen LogP contribution < -0.4 is 14.2 Å². The number of carbonyl (C=O) groups is 4. The first-order valence-electron chi connectivity index (χ1n) is 18.7. The number of carbonyl (C=O) groups excluding carboxylic acids is 2. The molecule has 0 radical (unpaired) electrons. The number of amides is 1. The van der Waals surface area contributed by atoms with E-state index in [0.29, 0.717) is 29.7 Å². The summed E-state index contributed by atoms with van der Waals surface area (Å²) < 4.78 is 16.1. The van der Waals surface area contributed by atoms with Gasteiger partial charge in [-0.05, 0) is 114 Å². The molecular formula is C42H57N3O11. The van der Waals surface area contributed by atoms with Crippen LogP contribution in [0.5, 0.6) is 17.2 Å². The number of nitrogens with zero attached hydrogens (tertiary/aromatic N) is 3. The number of hydrogen-bond acceptors (Lipinski definition) is 11. The zero-order valence-electron chi connectivity index (χ0n) is 33.4. The fourth-order valence-corrected chi connectivity index (χ4v) is 6.43. The molecule has 4 atom stereocenters. The molecule has 5 rings (SSSR count). The number of likely N-dealkylation sites (tertiary alicyclic amines) is 1. The molecule has 3 aromatic carbocycles. The molecule has 306 valence electrons. The van der Waals surface area contributed by atoms with Crippen molar-refractivity contribution in [1.29, 1.82) is 0 Å². The van der Waals surface area contributed by atoms with Crippen molar-refractivity contribution in [3.63, 3.8) is 0 Å². The standard InChI is InChI=1S/C24H29NO3.C14H22N2O2.C4H6O6/c1-27-22-14-19-13-20(24(26)21(19)15-23(22)28-2)12-17-8-10-25(11-9-17)16-18-6-4-3-5-7-18;1-6-16(5)14(17)18-13-9-7-8-12(10-13)11(2)15(3)4;5-1(3(7)8)2(6)4(9)10/h3-7,14-15,17,20H,8-13,16H2,1-2H3;7-11H,6H2,1-5H3;1-2,5-6H,(H,7,8)(H,9,10)/t;11-;/m.0./s1. The summed E-state index contributed by atoms with van der Waals surface area (Å²) in [6, 6.07) is 22.4. The molecule has 14 heteroatoms. The highest BCUT2D eigenvalue weighted by Gasteiger charge is 2.34. The maximum Gasteiger partial charge on any atom is 0.414 e. The van der Waals surface area contributed by atoms with Gasteiger partial charge in [0.2, 0.25) is 0 Å². The monoisotopic (exact) mass is 779 g/mol. The number of fused-ring (bicyclic) bond motifs is 1. The second-order valence-electron chi connectivity index (χ2n) is 14.2. The minimum Gasteiger partial charge on any atom is -0.493 e. The number of methoxy groups -OCH3 is 2. The molecule has 0 spiro atoms. The van der Waals surface area contributed by atoms with E-state index in [4.69, 9.17) is 34.6 Å². The SMILES string of the molecule is CCN(C)C(=O)Oc1cccc([C@H](C)N(C)C)c1.COc1cc2c(cc1OC)C(=O)C(CC1CCN(Cc3ccccc3)CC1)C2.O=C(O)C(O)C(O)C(=O)O. The van der Waals surface area contributed by atoms with Crippen molar-refractivity contribution in [1.82, 2.24) is 14.7 Å². The molecule has 1 aliphatic heterocycles. The van der Waals surface area contributed by atoms with Gasteiger partial charge in [-0.3, -0.25) is 9.69 Å². The number of ether oxygens (including phenoxy) is 3. The maximum absolute atomic E-state index is 12.9. The lowest BCUT2D eigenvalue weighted by Crippen LogP contribution is -2.39. The lowest BCUT2D eigenvalue weighted by atomic mass is 9.85. The Morgan fingerprint density at radius 1 is 0.857 bits per heavy atom. The van der Waals surface area contributed by atoms with Crippen LogP contribution in [0, 0.1) is 11.8 Å². The summed E-state index contributed by atoms with van der Waals surface area (Å²) >= 11 is 0. The Morgan fingerprint density at radius 2 is 1.45 bits per heavy atom. The van der Waals surface area contributed by atoms with Gasteiger partial charge in [0.05, 0.1) is 14.2 Å². The van der Waals surface area contributed by atoms with E-state index in [-0.39, 0.29) is 23.8 Å². The largest absolute Gasteiger partial charge is 0.493 e. The number of aliphatic hydroxyl groups is 2. The number of ketones is 1. The Hall–Kier alpha value is -5.02. The fraction of sp³-hybridized carbons (Fsp3) is 0.476. The number of aliphatic carboxylic acids is 2. The molecule has 3 unspecified atom stereocenters. The molecule has 14 nitrogen and oxygen atoms in total. The van der Waals surface area contributed by atoms with Crippen molar-refractivity contribution in [2.24, 2.45) is 11.8 Å². The van der Waals surface area contributed by atoms with E-state index in [1.54, 1.807) is 27.3 Å². The van der Waals surface area contributed by atoms with Crippen LogP contribution >= 0.6 is 0 Å². The molecule has 56 heavy (non-hydrogen) atoms. The van der Waals surface area contributed by atoms with E-state index >= 15 is 0 Å². The Morgan fingerprint density at radius 3 is 1.98 bits per heavy atom. The Labute approximate surface area is 329 Å². The number of benzene rings is 3. The van der Waals surface area contributed by atoms with Gasteiger partial charge in [-0.1, -0.05) is 42.5 Å². The van der Waals surface area contributed by atoms with Crippen LogP contribution in [-0.2, 0) is 22.6 Å². The summed E-state index contributed by atoms with van der Waals surface area (Å²) in [6.07, 6.45) is -0.669. The molecule has 4 N–H and O–H groups in total. The molecule has 0 bridgehead atoms. The summed E-state index contributed by atoms with van der Waals surface area (Å²) in [7, 11) is 9.02. The Balaban J connectivity index is 0.000000258. The minimum atomic E-state index is -2.27. The van der Waals surface area contributed by atoms with Gasteiger partial charge in [-0.15, -0.1) is 0 Å². The van der Waals surface area contributed by atoms with Gasteiger partial charge in [-0.2, -0.15) is 0 Å². The predicted octanol–water partition coefficient (Wildman–Crippen LogP) is 5.00. The van der Waals surface area contributed by atoms with Gasteiger partial charge in [-0.25, -0.2) is 14.4 Å². The molecule has 0 saturated carbocycles. The first kappa shape index (κ1) is 45.4. The molecule has 1 saturated heterocycles. The Bertz CT molecular complexity index is 1730. The first-order valence-corrected chi connectivity index (χ1v) is 18.7. The number of hydrogen-bond donors (Lipinski definition) is 4. The van der Waals surface area contributed by atoms with Crippen molar-refractivity contribution >= 4 is 23.8 Å². The third-order valence-corrected chi connectivity index (χ3v) is 10.2. The summed E-state index contributed by atoms with van der Waals surface area (Å²) in [5, 5.41) is 32.5. The summed E-state index contributed by atoms with van der Waals surface area (Å²) in [5.74, 6) is -0.566. The third-order valence-electron chi connectivity index (χ3n) is 10.2. The topological polar surface area (TPSA) is 187 Å². The number of aliphatic hydroxyl groups excluding tert-OH is 2. The number of piperidine rings is 1. The normalized spacial score (nSPS) is 16.9. The van der Waals surface area contributed by atoms with Gasteiger partial charge >= 0.3 is 18.0 Å². The number of carboxylic acid groups (broad SMARTS) is 2. The van der Waals surface area contributed by atoms with Crippen molar-refractivity contribution < 1.29 is 53.8 Å². The van der Waals surface area contributed by atoms with E-state index in [9.17, 15) is 19.2 Å². The molecule has 0 aromatic heterocycles. The van der Waals surface area contributed by atoms with Crippen molar-refractivity contribution in [3.05, 3.63) is 89.0 Å². The zero-order chi connectivity index (χ0) is 41.5. The molecular weight excluding hydrogens is 722 g/mol. The van der Waals surface area contributed by atoms with Gasteiger partial charge in [0.15, 0.2) is 29.5 Å². The Kier molecular flexibility index (Phi) is 17.7. The first-order chi connectivity index (χ1) is 26.6. The second-order valence-corrected chi connectivity index (χ2v) is 14.2. The lowest BCUT2D eigenvalue weighted by molar-refractivity contribution is -0.165. The second kappa shape index (κ2) is 21.9. The van der Waals surface area contributed by atoms with Crippen LogP contribution in [0.4, 0.5) is 4.79 Å². The van der Waals surface area contributed by atoms with Crippen molar-refractivity contribution in [2.45, 2.75) is 64.3 Å². The lowest BCUT2D eigenvalue weighted by Gasteiger charge is -2.32. The highest BCUT2D eigenvalue weighted by Crippen LogP contribution is 2.39.